The molecule has 1 saturated carbocycles. The molecule has 122 valence electrons. The number of rotatable bonds is 3. The van der Waals surface area contributed by atoms with Gasteiger partial charge in [0.25, 0.3) is 0 Å². The van der Waals surface area contributed by atoms with Crippen LogP contribution in [0.3, 0.4) is 0 Å². The first-order chi connectivity index (χ1) is 11.7. The number of nitrogens with zero attached hydrogens (tertiary/aromatic N) is 3. The van der Waals surface area contributed by atoms with Crippen LogP contribution in [0.2, 0.25) is 5.02 Å². The maximum absolute atomic E-state index is 13.6. The van der Waals surface area contributed by atoms with Crippen molar-refractivity contribution in [3.05, 3.63) is 59.5 Å². The van der Waals surface area contributed by atoms with E-state index in [4.69, 9.17) is 11.6 Å². The van der Waals surface area contributed by atoms with E-state index < -0.39 is 5.82 Å². The lowest BCUT2D eigenvalue weighted by Crippen LogP contribution is -2.08. The summed E-state index contributed by atoms with van der Waals surface area (Å²) in [6, 6.07) is 13.4. The lowest BCUT2D eigenvalue weighted by Gasteiger charge is -2.13. The summed E-state index contributed by atoms with van der Waals surface area (Å²) in [5, 5.41) is 8.51. The third kappa shape index (κ3) is 2.82. The van der Waals surface area contributed by atoms with Crippen LogP contribution < -0.4 is 0 Å². The van der Waals surface area contributed by atoms with Gasteiger partial charge in [0.2, 0.25) is 0 Å². The van der Waals surface area contributed by atoms with E-state index in [1.165, 1.54) is 31.7 Å². The molecule has 1 fully saturated rings. The highest BCUT2D eigenvalue weighted by Gasteiger charge is 2.21. The van der Waals surface area contributed by atoms with Crippen molar-refractivity contribution in [2.45, 2.75) is 31.7 Å². The molecule has 0 radical (unpaired) electrons. The van der Waals surface area contributed by atoms with Crippen molar-refractivity contribution < 1.29 is 4.39 Å². The molecule has 3 nitrogen and oxygen atoms in total. The van der Waals surface area contributed by atoms with Gasteiger partial charge in [-0.25, -0.2) is 9.07 Å². The minimum Gasteiger partial charge on any atom is -0.242 e. The number of hydrogen-bond donors (Lipinski definition) is 0. The Morgan fingerprint density at radius 2 is 1.62 bits per heavy atom. The zero-order valence-electron chi connectivity index (χ0n) is 13.1. The Hall–Kier alpha value is -2.20. The monoisotopic (exact) mass is 341 g/mol. The van der Waals surface area contributed by atoms with Crippen LogP contribution >= 0.6 is 11.6 Å². The molecule has 0 saturated heterocycles. The van der Waals surface area contributed by atoms with E-state index in [0.717, 1.165) is 22.4 Å². The number of aromatic nitrogens is 3. The van der Waals surface area contributed by atoms with Gasteiger partial charge in [0.1, 0.15) is 5.82 Å². The third-order valence-corrected chi connectivity index (χ3v) is 4.99. The van der Waals surface area contributed by atoms with Crippen molar-refractivity contribution in [2.24, 2.45) is 0 Å². The Morgan fingerprint density at radius 3 is 2.33 bits per heavy atom. The van der Waals surface area contributed by atoms with Gasteiger partial charge in [-0.15, -0.1) is 5.10 Å². The second kappa shape index (κ2) is 6.36. The van der Waals surface area contributed by atoms with Gasteiger partial charge in [0.05, 0.1) is 23.0 Å². The summed E-state index contributed by atoms with van der Waals surface area (Å²) in [5.74, 6) is -0.401. The molecule has 2 aromatic carbocycles. The van der Waals surface area contributed by atoms with Crippen molar-refractivity contribution in [2.75, 3.05) is 0 Å². The predicted molar refractivity (Wildman–Crippen MR) is 93.4 cm³/mol. The minimum atomic E-state index is -0.401. The second-order valence-electron chi connectivity index (χ2n) is 6.21. The van der Waals surface area contributed by atoms with Crippen LogP contribution in [-0.4, -0.2) is 15.0 Å². The molecule has 0 aliphatic heterocycles. The lowest BCUT2D eigenvalue weighted by molar-refractivity contribution is 0.458. The highest BCUT2D eigenvalue weighted by atomic mass is 35.5. The molecule has 5 heteroatoms. The van der Waals surface area contributed by atoms with Crippen LogP contribution in [0.25, 0.3) is 22.4 Å². The van der Waals surface area contributed by atoms with Gasteiger partial charge < -0.3 is 0 Å². The summed E-state index contributed by atoms with van der Waals surface area (Å²) >= 11 is 5.75. The van der Waals surface area contributed by atoms with E-state index in [9.17, 15) is 4.39 Å². The van der Waals surface area contributed by atoms with Crippen LogP contribution in [0.1, 0.15) is 31.7 Å². The largest absolute Gasteiger partial charge is 0.242 e. The fraction of sp³-hybridized carbons (Fsp3) is 0.263. The van der Waals surface area contributed by atoms with Crippen molar-refractivity contribution in [1.29, 1.82) is 0 Å². The van der Waals surface area contributed by atoms with E-state index in [1.807, 2.05) is 41.2 Å². The Labute approximate surface area is 145 Å². The van der Waals surface area contributed by atoms with Crippen molar-refractivity contribution in [3.8, 4) is 22.4 Å². The molecule has 1 aliphatic rings. The summed E-state index contributed by atoms with van der Waals surface area (Å²) in [6.45, 7) is 0. The molecule has 0 spiro atoms. The van der Waals surface area contributed by atoms with Crippen molar-refractivity contribution in [3.63, 3.8) is 0 Å². The fourth-order valence-electron chi connectivity index (χ4n) is 3.38. The van der Waals surface area contributed by atoms with Gasteiger partial charge >= 0.3 is 0 Å². The van der Waals surface area contributed by atoms with E-state index in [0.29, 0.717) is 6.04 Å². The van der Waals surface area contributed by atoms with Crippen LogP contribution in [-0.2, 0) is 0 Å². The van der Waals surface area contributed by atoms with Crippen LogP contribution in [0.4, 0.5) is 4.39 Å². The Kier molecular flexibility index (Phi) is 4.07. The standard InChI is InChI=1S/C19H17ClFN3/c20-17-10-9-15(11-18(17)21)13-5-7-14(8-6-13)19-12-22-23-24(19)16-3-1-2-4-16/h5-12,16H,1-4H2. The maximum Gasteiger partial charge on any atom is 0.142 e. The number of hydrogen-bond acceptors (Lipinski definition) is 2. The average molecular weight is 342 g/mol. The molecule has 0 amide bonds. The summed E-state index contributed by atoms with van der Waals surface area (Å²) in [4.78, 5) is 0. The maximum atomic E-state index is 13.6. The number of benzene rings is 2. The zero-order chi connectivity index (χ0) is 16.5. The molecule has 24 heavy (non-hydrogen) atoms. The first-order valence-corrected chi connectivity index (χ1v) is 8.56. The predicted octanol–water partition coefficient (Wildman–Crippen LogP) is 5.52. The molecular formula is C19H17ClFN3. The first-order valence-electron chi connectivity index (χ1n) is 8.18. The summed E-state index contributed by atoms with van der Waals surface area (Å²) in [6.07, 6.45) is 6.66. The molecular weight excluding hydrogens is 325 g/mol. The Balaban J connectivity index is 1.64. The van der Waals surface area contributed by atoms with Crippen molar-refractivity contribution >= 4 is 11.6 Å². The summed E-state index contributed by atoms with van der Waals surface area (Å²) < 4.78 is 15.7. The smallest absolute Gasteiger partial charge is 0.142 e. The molecule has 0 atom stereocenters. The van der Waals surface area contributed by atoms with E-state index in [-0.39, 0.29) is 5.02 Å². The lowest BCUT2D eigenvalue weighted by atomic mass is 10.0. The third-order valence-electron chi connectivity index (χ3n) is 4.68. The summed E-state index contributed by atoms with van der Waals surface area (Å²) in [7, 11) is 0. The van der Waals surface area contributed by atoms with Gasteiger partial charge in [0.15, 0.2) is 0 Å². The second-order valence-corrected chi connectivity index (χ2v) is 6.62. The molecule has 1 aliphatic carbocycles. The van der Waals surface area contributed by atoms with Crippen molar-refractivity contribution in [1.82, 2.24) is 15.0 Å². The molecule has 0 N–H and O–H groups in total. The zero-order valence-corrected chi connectivity index (χ0v) is 13.9. The van der Waals surface area contributed by atoms with E-state index >= 15 is 0 Å². The highest BCUT2D eigenvalue weighted by Crippen LogP contribution is 2.33. The molecule has 0 bridgehead atoms. The van der Waals surface area contributed by atoms with Gasteiger partial charge in [-0.05, 0) is 36.1 Å². The normalized spacial score (nSPS) is 15.1. The van der Waals surface area contributed by atoms with Gasteiger partial charge in [0, 0.05) is 5.56 Å². The number of halogens is 2. The molecule has 1 aromatic heterocycles. The fourth-order valence-corrected chi connectivity index (χ4v) is 3.50. The Bertz CT molecular complexity index is 851. The molecule has 0 unspecified atom stereocenters. The first kappa shape index (κ1) is 15.3. The molecule has 1 heterocycles. The Morgan fingerprint density at radius 1 is 0.958 bits per heavy atom. The topological polar surface area (TPSA) is 30.7 Å². The van der Waals surface area contributed by atoms with E-state index in [1.54, 1.807) is 6.07 Å². The SMILES string of the molecule is Fc1cc(-c2ccc(-c3cnnn3C3CCCC3)cc2)ccc1Cl. The van der Waals surface area contributed by atoms with Gasteiger partial charge in [-0.3, -0.25) is 0 Å². The highest BCUT2D eigenvalue weighted by molar-refractivity contribution is 6.30. The van der Waals surface area contributed by atoms with Crippen LogP contribution in [0.5, 0.6) is 0 Å². The quantitative estimate of drug-likeness (QED) is 0.628. The summed E-state index contributed by atoms with van der Waals surface area (Å²) in [5.41, 5.74) is 3.88. The molecule has 3 aromatic rings. The molecule has 4 rings (SSSR count). The van der Waals surface area contributed by atoms with Gasteiger partial charge in [-0.2, -0.15) is 0 Å². The van der Waals surface area contributed by atoms with Crippen LogP contribution in [0, 0.1) is 5.82 Å². The van der Waals surface area contributed by atoms with Gasteiger partial charge in [-0.1, -0.05) is 60.0 Å². The van der Waals surface area contributed by atoms with Crippen LogP contribution in [0.15, 0.2) is 48.7 Å². The minimum absolute atomic E-state index is 0.141. The average Bonchev–Trinajstić information content (AvgIpc) is 3.28. The van der Waals surface area contributed by atoms with E-state index in [2.05, 4.69) is 10.3 Å².